The number of esters is 4. The summed E-state index contributed by atoms with van der Waals surface area (Å²) in [5, 5.41) is 55.8. The van der Waals surface area contributed by atoms with Gasteiger partial charge in [-0.1, -0.05) is 0 Å². The summed E-state index contributed by atoms with van der Waals surface area (Å²) in [4.78, 5) is 48.2. The molecule has 200 valence electrons. The van der Waals surface area contributed by atoms with Gasteiger partial charge in [0.25, 0.3) is 0 Å². The van der Waals surface area contributed by atoms with Crippen molar-refractivity contribution in [2.45, 2.75) is 25.2 Å². The largest absolute Gasteiger partial charge is 0.490 e. The van der Waals surface area contributed by atoms with Crippen LogP contribution in [0, 0.1) is 0 Å². The van der Waals surface area contributed by atoms with Crippen molar-refractivity contribution < 1.29 is 73.5 Å². The van der Waals surface area contributed by atoms with Gasteiger partial charge in [-0.2, -0.15) is 0 Å². The summed E-state index contributed by atoms with van der Waals surface area (Å²) in [6, 6.07) is 0.935. The summed E-state index contributed by atoms with van der Waals surface area (Å²) in [5.74, 6) is -7.95. The lowest BCUT2D eigenvalue weighted by atomic mass is 10.1. The SMILES string of the molecule is CCOC(=O)C=Cc1cc(OC(=O)C(O)CO)c(OC)c(OC(=O)C(O)CO)c1OC(=O)C(O)CO. The zero-order chi connectivity index (χ0) is 27.4. The Balaban J connectivity index is 3.86. The fraction of sp³-hybridized carbons (Fsp3) is 0.429. The quantitative estimate of drug-likeness (QED) is 0.0869. The van der Waals surface area contributed by atoms with Crippen molar-refractivity contribution in [2.75, 3.05) is 33.5 Å². The summed E-state index contributed by atoms with van der Waals surface area (Å²) in [5.41, 5.74) is -0.329. The maximum atomic E-state index is 12.2. The van der Waals surface area contributed by atoms with Gasteiger partial charge in [-0.25, -0.2) is 19.2 Å². The topological polar surface area (TPSA) is 236 Å². The molecule has 0 saturated heterocycles. The van der Waals surface area contributed by atoms with E-state index in [4.69, 9.17) is 39.0 Å². The smallest absolute Gasteiger partial charge is 0.343 e. The van der Waals surface area contributed by atoms with Gasteiger partial charge in [-0.05, 0) is 19.1 Å². The van der Waals surface area contributed by atoms with Gasteiger partial charge in [0.2, 0.25) is 11.5 Å². The molecule has 0 bridgehead atoms. The van der Waals surface area contributed by atoms with Crippen molar-refractivity contribution in [1.82, 2.24) is 0 Å². The number of carbonyl (C=O) groups is 4. The molecule has 0 fully saturated rings. The molecule has 3 unspecified atom stereocenters. The normalized spacial score (nSPS) is 13.4. The zero-order valence-electron chi connectivity index (χ0n) is 19.2. The third-order valence-electron chi connectivity index (χ3n) is 4.03. The second kappa shape index (κ2) is 14.7. The Kier molecular flexibility index (Phi) is 12.4. The number of rotatable bonds is 13. The van der Waals surface area contributed by atoms with Crippen LogP contribution < -0.4 is 18.9 Å². The lowest BCUT2D eigenvalue weighted by molar-refractivity contribution is -0.148. The van der Waals surface area contributed by atoms with Crippen LogP contribution in [-0.2, 0) is 23.9 Å². The summed E-state index contributed by atoms with van der Waals surface area (Å²) in [7, 11) is 0.997. The standard InChI is InChI=1S/C21H26O15/c1-3-33-15(28)5-4-10-6-14(34-19(29)11(25)7-22)17(32-2)18(36-21(31)13(27)9-24)16(10)35-20(30)12(26)8-23/h4-6,11-13,22-27H,3,7-9H2,1-2H3. The lowest BCUT2D eigenvalue weighted by Gasteiger charge is -2.20. The van der Waals surface area contributed by atoms with Crippen LogP contribution in [0.25, 0.3) is 6.08 Å². The van der Waals surface area contributed by atoms with Crippen molar-refractivity contribution in [1.29, 1.82) is 0 Å². The Bertz CT molecular complexity index is 971. The number of benzene rings is 1. The van der Waals surface area contributed by atoms with E-state index in [1.807, 2.05) is 0 Å². The molecule has 0 aliphatic rings. The minimum absolute atomic E-state index is 0.000142. The van der Waals surface area contributed by atoms with E-state index < -0.39 is 85.0 Å². The summed E-state index contributed by atoms with van der Waals surface area (Å²) >= 11 is 0. The van der Waals surface area contributed by atoms with E-state index in [-0.39, 0.29) is 12.2 Å². The molecule has 0 aliphatic heterocycles. The van der Waals surface area contributed by atoms with E-state index in [1.165, 1.54) is 6.92 Å². The average molecular weight is 518 g/mol. The second-order valence-corrected chi connectivity index (χ2v) is 6.60. The monoisotopic (exact) mass is 518 g/mol. The molecular formula is C21H26O15. The van der Waals surface area contributed by atoms with Crippen LogP contribution in [0.3, 0.4) is 0 Å². The van der Waals surface area contributed by atoms with E-state index in [2.05, 4.69) is 0 Å². The van der Waals surface area contributed by atoms with Crippen LogP contribution in [-0.4, -0.2) is 106 Å². The van der Waals surface area contributed by atoms with Gasteiger partial charge in [0, 0.05) is 11.6 Å². The first-order chi connectivity index (χ1) is 17.0. The maximum Gasteiger partial charge on any atom is 0.343 e. The molecule has 0 amide bonds. The zero-order valence-corrected chi connectivity index (χ0v) is 19.2. The first kappa shape index (κ1) is 30.4. The molecule has 6 N–H and O–H groups in total. The number of hydrogen-bond donors (Lipinski definition) is 6. The van der Waals surface area contributed by atoms with Gasteiger partial charge in [0.15, 0.2) is 29.8 Å². The van der Waals surface area contributed by atoms with Crippen LogP contribution >= 0.6 is 0 Å². The first-order valence-electron chi connectivity index (χ1n) is 10.2. The van der Waals surface area contributed by atoms with Crippen LogP contribution in [0.5, 0.6) is 23.0 Å². The Morgan fingerprint density at radius 3 is 1.72 bits per heavy atom. The van der Waals surface area contributed by atoms with Crippen molar-refractivity contribution >= 4 is 30.0 Å². The van der Waals surface area contributed by atoms with E-state index >= 15 is 0 Å². The van der Waals surface area contributed by atoms with Crippen LogP contribution in [0.2, 0.25) is 0 Å². The molecule has 36 heavy (non-hydrogen) atoms. The van der Waals surface area contributed by atoms with Gasteiger partial charge < -0.3 is 54.3 Å². The number of methoxy groups -OCH3 is 1. The molecule has 1 aromatic rings. The number of aliphatic hydroxyl groups excluding tert-OH is 6. The van der Waals surface area contributed by atoms with Gasteiger partial charge in [-0.15, -0.1) is 0 Å². The molecule has 15 heteroatoms. The predicted molar refractivity (Wildman–Crippen MR) is 115 cm³/mol. The van der Waals surface area contributed by atoms with Crippen molar-refractivity contribution in [3.8, 4) is 23.0 Å². The minimum Gasteiger partial charge on any atom is -0.490 e. The molecule has 0 spiro atoms. The molecule has 0 aromatic heterocycles. The Morgan fingerprint density at radius 1 is 0.806 bits per heavy atom. The molecule has 0 aliphatic carbocycles. The highest BCUT2D eigenvalue weighted by Crippen LogP contribution is 2.48. The fourth-order valence-corrected chi connectivity index (χ4v) is 2.29. The molecule has 1 rings (SSSR count). The van der Waals surface area contributed by atoms with E-state index in [9.17, 15) is 34.5 Å². The number of aliphatic hydroxyl groups is 6. The molecule has 0 saturated carbocycles. The van der Waals surface area contributed by atoms with Crippen molar-refractivity contribution in [2.24, 2.45) is 0 Å². The molecule has 0 radical (unpaired) electrons. The third-order valence-corrected chi connectivity index (χ3v) is 4.03. The highest BCUT2D eigenvalue weighted by atomic mass is 16.6. The highest BCUT2D eigenvalue weighted by molar-refractivity contribution is 5.90. The second-order valence-electron chi connectivity index (χ2n) is 6.60. The first-order valence-corrected chi connectivity index (χ1v) is 10.2. The Labute approximate surface area is 203 Å². The molecular weight excluding hydrogens is 492 g/mol. The number of hydrogen-bond acceptors (Lipinski definition) is 15. The van der Waals surface area contributed by atoms with Crippen LogP contribution in [0.15, 0.2) is 12.1 Å². The molecule has 15 nitrogen and oxygen atoms in total. The van der Waals surface area contributed by atoms with Crippen molar-refractivity contribution in [3.63, 3.8) is 0 Å². The predicted octanol–water partition coefficient (Wildman–Crippen LogP) is -2.95. The third kappa shape index (κ3) is 8.26. The van der Waals surface area contributed by atoms with E-state index in [0.29, 0.717) is 0 Å². The highest BCUT2D eigenvalue weighted by Gasteiger charge is 2.31. The van der Waals surface area contributed by atoms with Gasteiger partial charge in [0.1, 0.15) is 0 Å². The Hall–Kier alpha value is -3.60. The van der Waals surface area contributed by atoms with Gasteiger partial charge >= 0.3 is 23.9 Å². The summed E-state index contributed by atoms with van der Waals surface area (Å²) in [6.45, 7) is -1.63. The maximum absolute atomic E-state index is 12.2. The summed E-state index contributed by atoms with van der Waals surface area (Å²) in [6.07, 6.45) is -4.32. The average Bonchev–Trinajstić information content (AvgIpc) is 2.87. The van der Waals surface area contributed by atoms with Crippen molar-refractivity contribution in [3.05, 3.63) is 17.7 Å². The molecule has 1 aromatic carbocycles. The van der Waals surface area contributed by atoms with Crippen LogP contribution in [0.1, 0.15) is 12.5 Å². The van der Waals surface area contributed by atoms with E-state index in [0.717, 1.165) is 25.3 Å². The molecule has 0 heterocycles. The van der Waals surface area contributed by atoms with E-state index in [1.54, 1.807) is 0 Å². The number of carbonyl (C=O) groups excluding carboxylic acids is 4. The minimum atomic E-state index is -2.08. The fourth-order valence-electron chi connectivity index (χ4n) is 2.29. The van der Waals surface area contributed by atoms with Gasteiger partial charge in [0.05, 0.1) is 33.5 Å². The van der Waals surface area contributed by atoms with Gasteiger partial charge in [-0.3, -0.25) is 0 Å². The summed E-state index contributed by atoms with van der Waals surface area (Å²) < 4.78 is 24.8. The Morgan fingerprint density at radius 2 is 1.28 bits per heavy atom. The number of ether oxygens (including phenoxy) is 5. The van der Waals surface area contributed by atoms with Crippen LogP contribution in [0.4, 0.5) is 0 Å². The lowest BCUT2D eigenvalue weighted by Crippen LogP contribution is -2.31. The molecule has 3 atom stereocenters.